The molecule has 2 rings (SSSR count). The highest BCUT2D eigenvalue weighted by molar-refractivity contribution is 9.10. The zero-order valence-corrected chi connectivity index (χ0v) is 15.9. The fourth-order valence-corrected chi connectivity index (χ4v) is 2.96. The van der Waals surface area contributed by atoms with Gasteiger partial charge in [0.2, 0.25) is 11.8 Å². The van der Waals surface area contributed by atoms with Crippen molar-refractivity contribution in [1.29, 1.82) is 0 Å². The van der Waals surface area contributed by atoms with E-state index in [1.807, 2.05) is 18.2 Å². The smallest absolute Gasteiger partial charge is 0.244 e. The van der Waals surface area contributed by atoms with Gasteiger partial charge in [0, 0.05) is 24.7 Å². The maximum atomic E-state index is 12.4. The average molecular weight is 421 g/mol. The first-order valence-corrected chi connectivity index (χ1v) is 8.41. The Morgan fingerprint density at radius 3 is 2.62 bits per heavy atom. The Morgan fingerprint density at radius 1 is 1.38 bits per heavy atom. The van der Waals surface area contributed by atoms with Crippen LogP contribution >= 0.6 is 28.3 Å². The first-order chi connectivity index (χ1) is 11.0. The van der Waals surface area contributed by atoms with Gasteiger partial charge >= 0.3 is 0 Å². The van der Waals surface area contributed by atoms with Crippen LogP contribution in [0.5, 0.6) is 0 Å². The minimum atomic E-state index is -0.583. The predicted octanol–water partition coefficient (Wildman–Crippen LogP) is 2.02. The molecule has 0 radical (unpaired) electrons. The molecule has 1 atom stereocenters. The molecule has 0 saturated carbocycles. The van der Waals surface area contributed by atoms with Crippen molar-refractivity contribution in [3.8, 4) is 0 Å². The van der Waals surface area contributed by atoms with Crippen LogP contribution < -0.4 is 11.1 Å². The van der Waals surface area contributed by atoms with Crippen molar-refractivity contribution in [2.75, 3.05) is 32.1 Å². The standard InChI is InChI=1S/C16H22BrN3O3.ClH/c1-20(16(22)15(18)11-6-8-23-9-7-11)10-14(21)19-13-5-3-2-4-12(13)17;/h2-5,11,15H,6-10,18H2,1H3,(H,19,21);1H. The molecule has 1 aliphatic rings. The lowest BCUT2D eigenvalue weighted by molar-refractivity contribution is -0.136. The molecular weight excluding hydrogens is 398 g/mol. The Balaban J connectivity index is 0.00000288. The second-order valence-corrected chi connectivity index (χ2v) is 6.55. The van der Waals surface area contributed by atoms with Crippen molar-refractivity contribution in [3.63, 3.8) is 0 Å². The third kappa shape index (κ3) is 5.73. The number of halogens is 2. The lowest BCUT2D eigenvalue weighted by atomic mass is 9.91. The number of nitrogens with zero attached hydrogens (tertiary/aromatic N) is 1. The Labute approximate surface area is 156 Å². The normalized spacial score (nSPS) is 16.0. The first-order valence-electron chi connectivity index (χ1n) is 7.61. The zero-order chi connectivity index (χ0) is 16.8. The fourth-order valence-electron chi connectivity index (χ4n) is 2.58. The second-order valence-electron chi connectivity index (χ2n) is 5.70. The van der Waals surface area contributed by atoms with Crippen LogP contribution in [0.2, 0.25) is 0 Å². The summed E-state index contributed by atoms with van der Waals surface area (Å²) in [5, 5.41) is 2.77. The van der Waals surface area contributed by atoms with E-state index in [1.165, 1.54) is 4.90 Å². The molecule has 2 amide bonds. The fraction of sp³-hybridized carbons (Fsp3) is 0.500. The molecule has 1 fully saturated rings. The number of carbonyl (C=O) groups excluding carboxylic acids is 2. The van der Waals surface area contributed by atoms with Crippen molar-refractivity contribution in [1.82, 2.24) is 4.90 Å². The van der Waals surface area contributed by atoms with Crippen molar-refractivity contribution < 1.29 is 14.3 Å². The summed E-state index contributed by atoms with van der Waals surface area (Å²) in [5.74, 6) is -0.351. The van der Waals surface area contributed by atoms with Crippen molar-refractivity contribution in [2.45, 2.75) is 18.9 Å². The number of nitrogens with one attached hydrogen (secondary N) is 1. The minimum absolute atomic E-state index is 0. The maximum Gasteiger partial charge on any atom is 0.244 e. The van der Waals surface area contributed by atoms with E-state index >= 15 is 0 Å². The molecule has 1 aromatic rings. The van der Waals surface area contributed by atoms with Gasteiger partial charge in [0.05, 0.1) is 18.3 Å². The highest BCUT2D eigenvalue weighted by atomic mass is 79.9. The van der Waals surface area contributed by atoms with Gasteiger partial charge in [0.15, 0.2) is 0 Å². The lowest BCUT2D eigenvalue weighted by Crippen LogP contribution is -2.49. The molecule has 1 unspecified atom stereocenters. The van der Waals surface area contributed by atoms with Crippen LogP contribution in [0.1, 0.15) is 12.8 Å². The van der Waals surface area contributed by atoms with Gasteiger partial charge in [-0.2, -0.15) is 0 Å². The third-order valence-corrected chi connectivity index (χ3v) is 4.66. The number of carbonyl (C=O) groups is 2. The number of para-hydroxylation sites is 1. The van der Waals surface area contributed by atoms with Gasteiger partial charge < -0.3 is 20.7 Å². The molecule has 1 saturated heterocycles. The molecule has 0 spiro atoms. The zero-order valence-electron chi connectivity index (χ0n) is 13.5. The van der Waals surface area contributed by atoms with E-state index < -0.39 is 6.04 Å². The second kappa shape index (κ2) is 9.98. The summed E-state index contributed by atoms with van der Waals surface area (Å²) >= 11 is 3.37. The minimum Gasteiger partial charge on any atom is -0.381 e. The molecule has 134 valence electrons. The number of amides is 2. The predicted molar refractivity (Wildman–Crippen MR) is 99.2 cm³/mol. The Hall–Kier alpha value is -1.15. The number of ether oxygens (including phenoxy) is 1. The Morgan fingerprint density at radius 2 is 2.00 bits per heavy atom. The van der Waals surface area contributed by atoms with E-state index in [4.69, 9.17) is 10.5 Å². The topological polar surface area (TPSA) is 84.7 Å². The number of hydrogen-bond acceptors (Lipinski definition) is 4. The van der Waals surface area contributed by atoms with Crippen molar-refractivity contribution in [2.24, 2.45) is 11.7 Å². The highest BCUT2D eigenvalue weighted by Crippen LogP contribution is 2.21. The molecular formula is C16H23BrClN3O3. The molecule has 0 bridgehead atoms. The first kappa shape index (κ1) is 20.9. The summed E-state index contributed by atoms with van der Waals surface area (Å²) < 4.78 is 6.08. The lowest BCUT2D eigenvalue weighted by Gasteiger charge is -2.29. The van der Waals surface area contributed by atoms with Crippen molar-refractivity contribution in [3.05, 3.63) is 28.7 Å². The Bertz CT molecular complexity index is 567. The van der Waals surface area contributed by atoms with E-state index in [1.54, 1.807) is 13.1 Å². The molecule has 6 nitrogen and oxygen atoms in total. The summed E-state index contributed by atoms with van der Waals surface area (Å²) in [6, 6.07) is 6.74. The van der Waals surface area contributed by atoms with Crippen LogP contribution in [-0.4, -0.2) is 49.6 Å². The third-order valence-electron chi connectivity index (χ3n) is 3.96. The number of rotatable bonds is 5. The van der Waals surface area contributed by atoms with Crippen LogP contribution in [-0.2, 0) is 14.3 Å². The van der Waals surface area contributed by atoms with Gasteiger partial charge in [0.25, 0.3) is 0 Å². The van der Waals surface area contributed by atoms with Gasteiger partial charge in [-0.3, -0.25) is 9.59 Å². The highest BCUT2D eigenvalue weighted by Gasteiger charge is 2.29. The molecule has 24 heavy (non-hydrogen) atoms. The number of hydrogen-bond donors (Lipinski definition) is 2. The molecule has 8 heteroatoms. The van der Waals surface area contributed by atoms with E-state index in [9.17, 15) is 9.59 Å². The van der Waals surface area contributed by atoms with Gasteiger partial charge in [-0.25, -0.2) is 0 Å². The van der Waals surface area contributed by atoms with Crippen LogP contribution in [0.25, 0.3) is 0 Å². The van der Waals surface area contributed by atoms with Gasteiger partial charge in [-0.05, 0) is 46.8 Å². The number of benzene rings is 1. The van der Waals surface area contributed by atoms with Crippen LogP contribution in [0.15, 0.2) is 28.7 Å². The summed E-state index contributed by atoms with van der Waals surface area (Å²) in [4.78, 5) is 25.8. The van der Waals surface area contributed by atoms with Crippen molar-refractivity contribution >= 4 is 45.8 Å². The molecule has 0 aromatic heterocycles. The van der Waals surface area contributed by atoms with E-state index in [2.05, 4.69) is 21.2 Å². The molecule has 1 aliphatic heterocycles. The summed E-state index contributed by atoms with van der Waals surface area (Å²) in [7, 11) is 1.60. The van der Waals surface area contributed by atoms with E-state index in [0.29, 0.717) is 18.9 Å². The number of anilines is 1. The summed E-state index contributed by atoms with van der Waals surface area (Å²) in [6.45, 7) is 1.24. The summed E-state index contributed by atoms with van der Waals surface area (Å²) in [5.41, 5.74) is 6.73. The molecule has 1 heterocycles. The van der Waals surface area contributed by atoms with Gasteiger partial charge in [0.1, 0.15) is 0 Å². The maximum absolute atomic E-state index is 12.4. The van der Waals surface area contributed by atoms with Crippen LogP contribution in [0, 0.1) is 5.92 Å². The Kier molecular flexibility index (Phi) is 8.69. The molecule has 0 aliphatic carbocycles. The van der Waals surface area contributed by atoms with E-state index in [0.717, 1.165) is 17.3 Å². The molecule has 1 aromatic carbocycles. The quantitative estimate of drug-likeness (QED) is 0.763. The summed E-state index contributed by atoms with van der Waals surface area (Å²) in [6.07, 6.45) is 1.56. The SMILES string of the molecule is CN(CC(=O)Nc1ccccc1Br)C(=O)C(N)C1CCOCC1.Cl. The largest absolute Gasteiger partial charge is 0.381 e. The molecule has 3 N–H and O–H groups in total. The van der Waals surface area contributed by atoms with Crippen LogP contribution in [0.4, 0.5) is 5.69 Å². The average Bonchev–Trinajstić information content (AvgIpc) is 2.56. The monoisotopic (exact) mass is 419 g/mol. The van der Waals surface area contributed by atoms with Gasteiger partial charge in [-0.1, -0.05) is 12.1 Å². The van der Waals surface area contributed by atoms with Crippen LogP contribution in [0.3, 0.4) is 0 Å². The number of likely N-dealkylation sites (N-methyl/N-ethyl adjacent to an activating group) is 1. The van der Waals surface area contributed by atoms with Gasteiger partial charge in [-0.15, -0.1) is 12.4 Å². The van der Waals surface area contributed by atoms with E-state index in [-0.39, 0.29) is 36.7 Å². The number of nitrogens with two attached hydrogens (primary N) is 1.